The second-order valence-corrected chi connectivity index (χ2v) is 6.68. The minimum absolute atomic E-state index is 0.0289. The Kier molecular flexibility index (Phi) is 4.85. The van der Waals surface area contributed by atoms with Gasteiger partial charge in [0.15, 0.2) is 6.29 Å². The number of thiol groups is 1. The lowest BCUT2D eigenvalue weighted by molar-refractivity contribution is 0.00578. The lowest BCUT2D eigenvalue weighted by Crippen LogP contribution is -2.41. The van der Waals surface area contributed by atoms with Gasteiger partial charge < -0.3 is 9.31 Å². The van der Waals surface area contributed by atoms with E-state index in [2.05, 4.69) is 12.6 Å². The van der Waals surface area contributed by atoms with Gasteiger partial charge in [-0.25, -0.2) is 4.39 Å². The molecule has 1 aromatic rings. The molecule has 1 saturated heterocycles. The molecule has 118 valence electrons. The Morgan fingerprint density at radius 3 is 2.36 bits per heavy atom. The van der Waals surface area contributed by atoms with Crippen LogP contribution in [0.3, 0.4) is 0 Å². The zero-order valence-electron chi connectivity index (χ0n) is 13.2. The predicted molar refractivity (Wildman–Crippen MR) is 89.7 cm³/mol. The Bertz CT molecular complexity index is 597. The Morgan fingerprint density at radius 1 is 1.27 bits per heavy atom. The van der Waals surface area contributed by atoms with Gasteiger partial charge in [-0.2, -0.15) is 12.6 Å². The summed E-state index contributed by atoms with van der Waals surface area (Å²) in [6.07, 6.45) is 2.32. The molecule has 1 aliphatic heterocycles. The second-order valence-electron chi connectivity index (χ2n) is 6.36. The van der Waals surface area contributed by atoms with Crippen LogP contribution in [0.25, 0.3) is 6.08 Å². The first kappa shape index (κ1) is 17.3. The first-order valence-electron chi connectivity index (χ1n) is 7.12. The van der Waals surface area contributed by atoms with E-state index in [1.807, 2.05) is 33.8 Å². The molecule has 1 aromatic carbocycles. The fourth-order valence-corrected chi connectivity index (χ4v) is 2.38. The van der Waals surface area contributed by atoms with E-state index >= 15 is 0 Å². The second kappa shape index (κ2) is 6.18. The van der Waals surface area contributed by atoms with E-state index < -0.39 is 24.1 Å². The molecule has 0 N–H and O–H groups in total. The summed E-state index contributed by atoms with van der Waals surface area (Å²) in [4.78, 5) is 10.8. The zero-order chi connectivity index (χ0) is 16.5. The maximum atomic E-state index is 13.4. The van der Waals surface area contributed by atoms with Gasteiger partial charge in [-0.1, -0.05) is 12.1 Å². The normalized spacial score (nSPS) is 20.3. The van der Waals surface area contributed by atoms with Gasteiger partial charge in [-0.3, -0.25) is 4.79 Å². The SMILES string of the molecule is CC1(C)OB(C(=Cc2ccc(F)c(C=O)c2)CS)OC1(C)C. The maximum absolute atomic E-state index is 13.4. The maximum Gasteiger partial charge on any atom is 0.491 e. The highest BCUT2D eigenvalue weighted by Crippen LogP contribution is 2.39. The lowest BCUT2D eigenvalue weighted by atomic mass is 9.78. The molecule has 1 fully saturated rings. The third-order valence-electron chi connectivity index (χ3n) is 4.24. The third-order valence-corrected chi connectivity index (χ3v) is 4.60. The van der Waals surface area contributed by atoms with Crippen LogP contribution in [0.2, 0.25) is 0 Å². The average molecular weight is 322 g/mol. The molecule has 0 atom stereocenters. The van der Waals surface area contributed by atoms with Crippen molar-refractivity contribution < 1.29 is 18.5 Å². The summed E-state index contributed by atoms with van der Waals surface area (Å²) >= 11 is 4.33. The summed E-state index contributed by atoms with van der Waals surface area (Å²) in [6, 6.07) is 4.38. The molecular formula is C16H20BFO3S. The largest absolute Gasteiger partial charge is 0.491 e. The molecule has 0 spiro atoms. The zero-order valence-corrected chi connectivity index (χ0v) is 14.1. The molecule has 1 heterocycles. The van der Waals surface area contributed by atoms with Crippen LogP contribution in [-0.2, 0) is 9.31 Å². The molecule has 0 radical (unpaired) electrons. The minimum atomic E-state index is -0.532. The van der Waals surface area contributed by atoms with Gasteiger partial charge in [0, 0.05) is 5.75 Å². The van der Waals surface area contributed by atoms with E-state index in [9.17, 15) is 9.18 Å². The number of aldehydes is 1. The average Bonchev–Trinajstić information content (AvgIpc) is 2.66. The Labute approximate surface area is 136 Å². The summed E-state index contributed by atoms with van der Waals surface area (Å²) in [5.41, 5.74) is 0.696. The minimum Gasteiger partial charge on any atom is -0.400 e. The number of benzene rings is 1. The van der Waals surface area contributed by atoms with E-state index in [0.717, 1.165) is 5.47 Å². The van der Waals surface area contributed by atoms with Crippen LogP contribution in [0.1, 0.15) is 43.6 Å². The lowest BCUT2D eigenvalue weighted by Gasteiger charge is -2.32. The molecule has 3 nitrogen and oxygen atoms in total. The van der Waals surface area contributed by atoms with Gasteiger partial charge >= 0.3 is 7.12 Å². The van der Waals surface area contributed by atoms with E-state index in [1.54, 1.807) is 6.07 Å². The van der Waals surface area contributed by atoms with Gasteiger partial charge in [0.05, 0.1) is 16.8 Å². The fourth-order valence-electron chi connectivity index (χ4n) is 2.14. The highest BCUT2D eigenvalue weighted by Gasteiger charge is 2.52. The van der Waals surface area contributed by atoms with Crippen LogP contribution in [0.4, 0.5) is 4.39 Å². The number of carbonyl (C=O) groups excluding carboxylic acids is 1. The third kappa shape index (κ3) is 3.29. The van der Waals surface area contributed by atoms with Gasteiger partial charge in [-0.15, -0.1) is 0 Å². The van der Waals surface area contributed by atoms with Crippen LogP contribution in [0.15, 0.2) is 23.7 Å². The number of rotatable bonds is 4. The molecule has 1 aliphatic rings. The van der Waals surface area contributed by atoms with E-state index in [-0.39, 0.29) is 5.56 Å². The molecule has 2 rings (SSSR count). The van der Waals surface area contributed by atoms with Crippen molar-refractivity contribution in [1.29, 1.82) is 0 Å². The number of hydrogen-bond acceptors (Lipinski definition) is 4. The van der Waals surface area contributed by atoms with Crippen molar-refractivity contribution in [2.45, 2.75) is 38.9 Å². The smallest absolute Gasteiger partial charge is 0.400 e. The van der Waals surface area contributed by atoms with Crippen molar-refractivity contribution in [3.8, 4) is 0 Å². The van der Waals surface area contributed by atoms with Crippen molar-refractivity contribution >= 4 is 32.1 Å². The van der Waals surface area contributed by atoms with E-state index in [4.69, 9.17) is 9.31 Å². The van der Waals surface area contributed by atoms with Crippen LogP contribution in [0, 0.1) is 5.82 Å². The summed E-state index contributed by atoms with van der Waals surface area (Å²) in [7, 11) is -0.507. The highest BCUT2D eigenvalue weighted by atomic mass is 32.1. The van der Waals surface area contributed by atoms with Crippen molar-refractivity contribution in [2.75, 3.05) is 5.75 Å². The fraction of sp³-hybridized carbons (Fsp3) is 0.438. The van der Waals surface area contributed by atoms with Gasteiger partial charge in [-0.05, 0) is 50.9 Å². The van der Waals surface area contributed by atoms with E-state index in [0.29, 0.717) is 17.6 Å². The molecule has 0 aliphatic carbocycles. The molecule has 0 aromatic heterocycles. The molecular weight excluding hydrogens is 302 g/mol. The highest BCUT2D eigenvalue weighted by molar-refractivity contribution is 7.80. The summed E-state index contributed by atoms with van der Waals surface area (Å²) in [6.45, 7) is 7.91. The number of halogens is 1. The van der Waals surface area contributed by atoms with Gasteiger partial charge in [0.2, 0.25) is 0 Å². The molecule has 0 bridgehead atoms. The van der Waals surface area contributed by atoms with E-state index in [1.165, 1.54) is 12.1 Å². The summed E-state index contributed by atoms with van der Waals surface area (Å²) in [5, 5.41) is 0. The first-order chi connectivity index (χ1) is 10.2. The quantitative estimate of drug-likeness (QED) is 0.523. The monoisotopic (exact) mass is 322 g/mol. The van der Waals surface area contributed by atoms with Crippen LogP contribution in [0.5, 0.6) is 0 Å². The molecule has 0 amide bonds. The van der Waals surface area contributed by atoms with Crippen LogP contribution in [-0.4, -0.2) is 30.4 Å². The molecule has 6 heteroatoms. The summed E-state index contributed by atoms with van der Waals surface area (Å²) in [5.74, 6) is -0.0971. The molecule has 0 unspecified atom stereocenters. The molecule has 22 heavy (non-hydrogen) atoms. The van der Waals surface area contributed by atoms with Gasteiger partial charge in [0.25, 0.3) is 0 Å². The number of carbonyl (C=O) groups is 1. The first-order valence-corrected chi connectivity index (χ1v) is 7.75. The van der Waals surface area contributed by atoms with Gasteiger partial charge in [0.1, 0.15) is 5.82 Å². The Morgan fingerprint density at radius 2 is 1.86 bits per heavy atom. The Hall–Kier alpha value is -1.11. The van der Waals surface area contributed by atoms with Crippen molar-refractivity contribution in [1.82, 2.24) is 0 Å². The van der Waals surface area contributed by atoms with Crippen LogP contribution < -0.4 is 0 Å². The predicted octanol–water partition coefficient (Wildman–Crippen LogP) is 3.58. The summed E-state index contributed by atoms with van der Waals surface area (Å²) < 4.78 is 25.4. The molecule has 0 saturated carbocycles. The van der Waals surface area contributed by atoms with Crippen molar-refractivity contribution in [2.24, 2.45) is 0 Å². The standard InChI is InChI=1S/C16H20BFO3S/c1-15(2)16(3,4)21-17(20-15)13(10-22)8-11-5-6-14(18)12(7-11)9-19/h5-9,22H,10H2,1-4H3. The van der Waals surface area contributed by atoms with Crippen molar-refractivity contribution in [3.05, 3.63) is 40.6 Å². The number of hydrogen-bond donors (Lipinski definition) is 1. The van der Waals surface area contributed by atoms with Crippen molar-refractivity contribution in [3.63, 3.8) is 0 Å². The van der Waals surface area contributed by atoms with Crippen LogP contribution >= 0.6 is 12.6 Å². The topological polar surface area (TPSA) is 35.5 Å². The Balaban J connectivity index is 2.31.